The minimum atomic E-state index is -0.315. The fourth-order valence-corrected chi connectivity index (χ4v) is 1.09. The summed E-state index contributed by atoms with van der Waals surface area (Å²) in [6.45, 7) is 2.40. The molecule has 0 aromatic carbocycles. The lowest BCUT2D eigenvalue weighted by atomic mass is 10.2. The topological polar surface area (TPSA) is 55.8 Å². The first-order valence-corrected chi connectivity index (χ1v) is 4.34. The molecule has 0 fully saturated rings. The Morgan fingerprint density at radius 3 is 2.29 bits per heavy atom. The van der Waals surface area contributed by atoms with E-state index in [2.05, 4.69) is 9.47 Å². The standard InChI is InChI=1S/C9H17NO4/c1-7(9(12)14-4)5-10(2)6-8(11)13-3/h7H,5-6H2,1-4H3/t7-/m1/s1. The lowest BCUT2D eigenvalue weighted by Crippen LogP contribution is -2.33. The Bertz CT molecular complexity index is 205. The minimum absolute atomic E-state index is 0.178. The fourth-order valence-electron chi connectivity index (χ4n) is 1.09. The molecule has 82 valence electrons. The van der Waals surface area contributed by atoms with Gasteiger partial charge >= 0.3 is 11.9 Å². The number of ether oxygens (including phenoxy) is 2. The quantitative estimate of drug-likeness (QED) is 0.584. The van der Waals surface area contributed by atoms with E-state index in [-0.39, 0.29) is 24.4 Å². The summed E-state index contributed by atoms with van der Waals surface area (Å²) >= 11 is 0. The average molecular weight is 203 g/mol. The van der Waals surface area contributed by atoms with Crippen molar-refractivity contribution in [1.82, 2.24) is 4.90 Å². The van der Waals surface area contributed by atoms with E-state index in [0.29, 0.717) is 6.54 Å². The van der Waals surface area contributed by atoms with Crippen LogP contribution in [0.1, 0.15) is 6.92 Å². The highest BCUT2D eigenvalue weighted by Crippen LogP contribution is 2.00. The molecule has 14 heavy (non-hydrogen) atoms. The Labute approximate surface area is 84.0 Å². The van der Waals surface area contributed by atoms with Gasteiger partial charge < -0.3 is 9.47 Å². The van der Waals surface area contributed by atoms with E-state index in [4.69, 9.17) is 0 Å². The number of likely N-dealkylation sites (N-methyl/N-ethyl adjacent to an activating group) is 1. The predicted molar refractivity (Wildman–Crippen MR) is 50.7 cm³/mol. The Hall–Kier alpha value is -1.10. The smallest absolute Gasteiger partial charge is 0.319 e. The number of esters is 2. The molecule has 0 aliphatic carbocycles. The monoisotopic (exact) mass is 203 g/mol. The van der Waals surface area contributed by atoms with Crippen LogP contribution in [-0.4, -0.2) is 51.2 Å². The van der Waals surface area contributed by atoms with Gasteiger partial charge in [0.25, 0.3) is 0 Å². The Morgan fingerprint density at radius 2 is 1.86 bits per heavy atom. The molecular formula is C9H17NO4. The molecule has 1 atom stereocenters. The van der Waals surface area contributed by atoms with Crippen LogP contribution in [0.4, 0.5) is 0 Å². The zero-order chi connectivity index (χ0) is 11.1. The molecule has 0 N–H and O–H groups in total. The molecule has 0 spiro atoms. The van der Waals surface area contributed by atoms with E-state index in [9.17, 15) is 9.59 Å². The van der Waals surface area contributed by atoms with Crippen molar-refractivity contribution < 1.29 is 19.1 Å². The van der Waals surface area contributed by atoms with Gasteiger partial charge in [0, 0.05) is 6.54 Å². The molecule has 5 nitrogen and oxygen atoms in total. The normalized spacial score (nSPS) is 12.4. The number of rotatable bonds is 5. The maximum atomic E-state index is 11.0. The number of nitrogens with zero attached hydrogens (tertiary/aromatic N) is 1. The molecule has 0 aromatic rings. The third-order valence-electron chi connectivity index (χ3n) is 1.82. The van der Waals surface area contributed by atoms with Gasteiger partial charge in [-0.15, -0.1) is 0 Å². The summed E-state index contributed by atoms with van der Waals surface area (Å²) in [7, 11) is 4.43. The maximum absolute atomic E-state index is 11.0. The van der Waals surface area contributed by atoms with E-state index in [0.717, 1.165) is 0 Å². The third kappa shape index (κ3) is 4.81. The molecule has 0 bridgehead atoms. The van der Waals surface area contributed by atoms with Gasteiger partial charge in [0.1, 0.15) is 0 Å². The molecular weight excluding hydrogens is 186 g/mol. The van der Waals surface area contributed by atoms with Gasteiger partial charge in [0.05, 0.1) is 26.7 Å². The van der Waals surface area contributed by atoms with Crippen molar-refractivity contribution >= 4 is 11.9 Å². The van der Waals surface area contributed by atoms with Crippen molar-refractivity contribution in [3.8, 4) is 0 Å². The van der Waals surface area contributed by atoms with Crippen LogP contribution >= 0.6 is 0 Å². The van der Waals surface area contributed by atoms with Gasteiger partial charge in [-0.25, -0.2) is 0 Å². The van der Waals surface area contributed by atoms with Crippen LogP contribution in [0, 0.1) is 5.92 Å². The van der Waals surface area contributed by atoms with Gasteiger partial charge in [-0.2, -0.15) is 0 Å². The van der Waals surface area contributed by atoms with Gasteiger partial charge in [0.2, 0.25) is 0 Å². The summed E-state index contributed by atoms with van der Waals surface area (Å²) in [5.74, 6) is -0.832. The number of methoxy groups -OCH3 is 2. The summed E-state index contributed by atoms with van der Waals surface area (Å²) in [5, 5.41) is 0. The zero-order valence-corrected chi connectivity index (χ0v) is 9.07. The largest absolute Gasteiger partial charge is 0.469 e. The van der Waals surface area contributed by atoms with Crippen LogP contribution in [0.25, 0.3) is 0 Å². The van der Waals surface area contributed by atoms with Crippen molar-refractivity contribution in [3.05, 3.63) is 0 Å². The molecule has 0 aliphatic heterocycles. The Balaban J connectivity index is 3.87. The highest BCUT2D eigenvalue weighted by Gasteiger charge is 2.16. The van der Waals surface area contributed by atoms with Crippen LogP contribution in [-0.2, 0) is 19.1 Å². The van der Waals surface area contributed by atoms with Gasteiger partial charge in [0.15, 0.2) is 0 Å². The predicted octanol–water partition coefficient (Wildman–Crippen LogP) is -0.0997. The zero-order valence-electron chi connectivity index (χ0n) is 9.07. The van der Waals surface area contributed by atoms with Crippen molar-refractivity contribution in [2.24, 2.45) is 5.92 Å². The summed E-state index contributed by atoms with van der Waals surface area (Å²) in [5.41, 5.74) is 0. The summed E-state index contributed by atoms with van der Waals surface area (Å²) in [4.78, 5) is 23.6. The third-order valence-corrected chi connectivity index (χ3v) is 1.82. The Morgan fingerprint density at radius 1 is 1.29 bits per heavy atom. The lowest BCUT2D eigenvalue weighted by molar-refractivity contribution is -0.147. The van der Waals surface area contributed by atoms with Gasteiger partial charge in [-0.1, -0.05) is 6.92 Å². The van der Waals surface area contributed by atoms with E-state index < -0.39 is 0 Å². The molecule has 5 heteroatoms. The van der Waals surface area contributed by atoms with Crippen LogP contribution in [0.2, 0.25) is 0 Å². The maximum Gasteiger partial charge on any atom is 0.319 e. The first kappa shape index (κ1) is 12.9. The van der Waals surface area contributed by atoms with E-state index >= 15 is 0 Å². The van der Waals surface area contributed by atoms with Crippen molar-refractivity contribution in [1.29, 1.82) is 0 Å². The van der Waals surface area contributed by atoms with Gasteiger partial charge in [-0.3, -0.25) is 14.5 Å². The van der Waals surface area contributed by atoms with Crippen molar-refractivity contribution in [2.45, 2.75) is 6.92 Å². The van der Waals surface area contributed by atoms with Crippen LogP contribution in [0.15, 0.2) is 0 Å². The Kier molecular flexibility index (Phi) is 5.87. The summed E-state index contributed by atoms with van der Waals surface area (Å²) < 4.78 is 9.05. The molecule has 0 aromatic heterocycles. The second-order valence-electron chi connectivity index (χ2n) is 3.20. The van der Waals surface area contributed by atoms with Crippen LogP contribution in [0.5, 0.6) is 0 Å². The molecule has 0 heterocycles. The summed E-state index contributed by atoms with van der Waals surface area (Å²) in [6.07, 6.45) is 0. The molecule has 0 rings (SSSR count). The van der Waals surface area contributed by atoms with E-state index in [1.165, 1.54) is 14.2 Å². The van der Waals surface area contributed by atoms with Crippen molar-refractivity contribution in [2.75, 3.05) is 34.4 Å². The van der Waals surface area contributed by atoms with Crippen LogP contribution < -0.4 is 0 Å². The van der Waals surface area contributed by atoms with E-state index in [1.54, 1.807) is 18.9 Å². The summed E-state index contributed by atoms with van der Waals surface area (Å²) in [6, 6.07) is 0. The number of hydrogen-bond donors (Lipinski definition) is 0. The second kappa shape index (κ2) is 6.37. The number of hydrogen-bond acceptors (Lipinski definition) is 5. The molecule has 0 unspecified atom stereocenters. The first-order valence-electron chi connectivity index (χ1n) is 4.34. The SMILES string of the molecule is COC(=O)CN(C)C[C@@H](C)C(=O)OC. The number of carbonyl (C=O) groups is 2. The van der Waals surface area contributed by atoms with E-state index in [1.807, 2.05) is 0 Å². The van der Waals surface area contributed by atoms with Gasteiger partial charge in [-0.05, 0) is 7.05 Å². The minimum Gasteiger partial charge on any atom is -0.469 e. The average Bonchev–Trinajstić information content (AvgIpc) is 2.15. The van der Waals surface area contributed by atoms with Crippen molar-refractivity contribution in [3.63, 3.8) is 0 Å². The lowest BCUT2D eigenvalue weighted by Gasteiger charge is -2.18. The highest BCUT2D eigenvalue weighted by atomic mass is 16.5. The second-order valence-corrected chi connectivity index (χ2v) is 3.20. The number of carbonyl (C=O) groups excluding carboxylic acids is 2. The fraction of sp³-hybridized carbons (Fsp3) is 0.778. The molecule has 0 aliphatic rings. The molecule has 0 radical (unpaired) electrons. The molecule has 0 amide bonds. The van der Waals surface area contributed by atoms with Crippen LogP contribution in [0.3, 0.4) is 0 Å². The first-order chi connectivity index (χ1) is 6.51. The highest BCUT2D eigenvalue weighted by molar-refractivity contribution is 5.73. The molecule has 0 saturated carbocycles. The molecule has 0 saturated heterocycles.